The second kappa shape index (κ2) is 6.21. The highest BCUT2D eigenvalue weighted by molar-refractivity contribution is 7.13. The van der Waals surface area contributed by atoms with Gasteiger partial charge in [0.2, 0.25) is 0 Å². The molecule has 0 saturated heterocycles. The van der Waals surface area contributed by atoms with Crippen LogP contribution in [0.2, 0.25) is 0 Å². The van der Waals surface area contributed by atoms with Gasteiger partial charge in [0.1, 0.15) is 9.88 Å². The number of carboxylic acids is 1. The first-order chi connectivity index (χ1) is 9.51. The zero-order chi connectivity index (χ0) is 14.7. The molecule has 0 unspecified atom stereocenters. The molecule has 2 N–H and O–H groups in total. The molecule has 6 nitrogen and oxygen atoms in total. The SMILES string of the molecule is CCN(CC1CC1)C(=O)NCc1nc(C)c(C(=O)O)s1. The van der Waals surface area contributed by atoms with Gasteiger partial charge in [-0.15, -0.1) is 11.3 Å². The van der Waals surface area contributed by atoms with Crippen LogP contribution in [0.25, 0.3) is 0 Å². The van der Waals surface area contributed by atoms with Crippen molar-refractivity contribution in [1.82, 2.24) is 15.2 Å². The van der Waals surface area contributed by atoms with E-state index >= 15 is 0 Å². The van der Waals surface area contributed by atoms with Crippen LogP contribution in [0.15, 0.2) is 0 Å². The second-order valence-corrected chi connectivity index (χ2v) is 6.05. The molecule has 110 valence electrons. The van der Waals surface area contributed by atoms with E-state index in [1.165, 1.54) is 12.8 Å². The molecule has 20 heavy (non-hydrogen) atoms. The van der Waals surface area contributed by atoms with Gasteiger partial charge >= 0.3 is 12.0 Å². The monoisotopic (exact) mass is 297 g/mol. The Labute approximate surface area is 121 Å². The molecule has 1 saturated carbocycles. The molecular weight excluding hydrogens is 278 g/mol. The molecule has 0 aliphatic heterocycles. The summed E-state index contributed by atoms with van der Waals surface area (Å²) in [6.45, 7) is 5.38. The number of rotatable bonds is 6. The molecule has 2 rings (SSSR count). The zero-order valence-corrected chi connectivity index (χ0v) is 12.5. The van der Waals surface area contributed by atoms with Gasteiger partial charge in [0, 0.05) is 13.1 Å². The van der Waals surface area contributed by atoms with E-state index in [2.05, 4.69) is 10.3 Å². The third-order valence-corrected chi connectivity index (χ3v) is 4.42. The number of nitrogens with one attached hydrogen (secondary N) is 1. The fourth-order valence-corrected chi connectivity index (χ4v) is 2.80. The molecule has 1 aromatic rings. The first kappa shape index (κ1) is 14.8. The lowest BCUT2D eigenvalue weighted by Gasteiger charge is -2.20. The second-order valence-electron chi connectivity index (χ2n) is 4.97. The van der Waals surface area contributed by atoms with E-state index in [1.807, 2.05) is 6.92 Å². The fourth-order valence-electron chi connectivity index (χ4n) is 1.96. The molecule has 1 aliphatic carbocycles. The van der Waals surface area contributed by atoms with Crippen molar-refractivity contribution >= 4 is 23.3 Å². The normalized spacial score (nSPS) is 14.1. The molecule has 1 heterocycles. The van der Waals surface area contributed by atoms with Gasteiger partial charge in [-0.05, 0) is 32.6 Å². The minimum Gasteiger partial charge on any atom is -0.477 e. The minimum absolute atomic E-state index is 0.107. The Morgan fingerprint density at radius 2 is 2.20 bits per heavy atom. The summed E-state index contributed by atoms with van der Waals surface area (Å²) in [4.78, 5) is 29.1. The number of urea groups is 1. The summed E-state index contributed by atoms with van der Waals surface area (Å²) in [5, 5.41) is 12.4. The van der Waals surface area contributed by atoms with E-state index in [1.54, 1.807) is 11.8 Å². The number of aromatic carboxylic acids is 1. The predicted octanol–water partition coefficient (Wildman–Crippen LogP) is 2.09. The van der Waals surface area contributed by atoms with Gasteiger partial charge in [0.25, 0.3) is 0 Å². The van der Waals surface area contributed by atoms with Crippen LogP contribution in [0.3, 0.4) is 0 Å². The van der Waals surface area contributed by atoms with Crippen LogP contribution in [-0.4, -0.2) is 40.1 Å². The summed E-state index contributed by atoms with van der Waals surface area (Å²) in [6.07, 6.45) is 2.41. The molecule has 0 spiro atoms. The van der Waals surface area contributed by atoms with Crippen LogP contribution in [0, 0.1) is 12.8 Å². The van der Waals surface area contributed by atoms with E-state index in [-0.39, 0.29) is 17.5 Å². The van der Waals surface area contributed by atoms with E-state index in [9.17, 15) is 9.59 Å². The molecule has 0 atom stereocenters. The topological polar surface area (TPSA) is 82.5 Å². The minimum atomic E-state index is -0.971. The van der Waals surface area contributed by atoms with Gasteiger partial charge < -0.3 is 15.3 Å². The number of amides is 2. The first-order valence-corrected chi connectivity index (χ1v) is 7.55. The quantitative estimate of drug-likeness (QED) is 0.842. The van der Waals surface area contributed by atoms with Gasteiger partial charge in [0.05, 0.1) is 12.2 Å². The van der Waals surface area contributed by atoms with Crippen molar-refractivity contribution in [1.29, 1.82) is 0 Å². The average molecular weight is 297 g/mol. The number of nitrogens with zero attached hydrogens (tertiary/aromatic N) is 2. The van der Waals surface area contributed by atoms with Crippen LogP contribution < -0.4 is 5.32 Å². The summed E-state index contributed by atoms with van der Waals surface area (Å²) < 4.78 is 0. The largest absolute Gasteiger partial charge is 0.477 e. The third kappa shape index (κ3) is 3.69. The lowest BCUT2D eigenvalue weighted by Crippen LogP contribution is -2.40. The Balaban J connectivity index is 1.88. The van der Waals surface area contributed by atoms with E-state index < -0.39 is 5.97 Å². The number of carboxylic acid groups (broad SMARTS) is 1. The molecule has 2 amide bonds. The third-order valence-electron chi connectivity index (χ3n) is 3.27. The molecule has 7 heteroatoms. The smallest absolute Gasteiger partial charge is 0.347 e. The maximum Gasteiger partial charge on any atom is 0.347 e. The van der Waals surface area contributed by atoms with Gasteiger partial charge in [-0.3, -0.25) is 0 Å². The standard InChI is InChI=1S/C13H19N3O3S/c1-3-16(7-9-4-5-9)13(19)14-6-10-15-8(2)11(20-10)12(17)18/h9H,3-7H2,1-2H3,(H,14,19)(H,17,18). The summed E-state index contributed by atoms with van der Waals surface area (Å²) in [5.74, 6) is -0.317. The maximum atomic E-state index is 12.0. The Bertz CT molecular complexity index is 511. The van der Waals surface area contributed by atoms with E-state index in [4.69, 9.17) is 5.11 Å². The summed E-state index contributed by atoms with van der Waals surface area (Å²) in [7, 11) is 0. The lowest BCUT2D eigenvalue weighted by atomic mass is 10.4. The van der Waals surface area contributed by atoms with Crippen molar-refractivity contribution in [3.63, 3.8) is 0 Å². The molecule has 1 fully saturated rings. The zero-order valence-electron chi connectivity index (χ0n) is 11.7. The van der Waals surface area contributed by atoms with Crippen molar-refractivity contribution in [2.45, 2.75) is 33.2 Å². The van der Waals surface area contributed by atoms with Crippen molar-refractivity contribution < 1.29 is 14.7 Å². The molecule has 0 bridgehead atoms. The Hall–Kier alpha value is -1.63. The Morgan fingerprint density at radius 3 is 2.70 bits per heavy atom. The van der Waals surface area contributed by atoms with Gasteiger partial charge in [-0.25, -0.2) is 14.6 Å². The number of carbonyl (C=O) groups excluding carboxylic acids is 1. The first-order valence-electron chi connectivity index (χ1n) is 6.73. The predicted molar refractivity (Wildman–Crippen MR) is 76.0 cm³/mol. The molecule has 0 aromatic carbocycles. The summed E-state index contributed by atoms with van der Waals surface area (Å²) in [6, 6.07) is -0.107. The van der Waals surface area contributed by atoms with Crippen LogP contribution in [0.4, 0.5) is 4.79 Å². The number of hydrogen-bond donors (Lipinski definition) is 2. The molecule has 1 aliphatic rings. The Morgan fingerprint density at radius 1 is 1.50 bits per heavy atom. The summed E-state index contributed by atoms with van der Waals surface area (Å²) in [5.41, 5.74) is 0.497. The van der Waals surface area contributed by atoms with Gasteiger partial charge in [0.15, 0.2) is 0 Å². The number of hydrogen-bond acceptors (Lipinski definition) is 4. The van der Waals surface area contributed by atoms with Crippen molar-refractivity contribution in [2.24, 2.45) is 5.92 Å². The van der Waals surface area contributed by atoms with Crippen LogP contribution in [0.5, 0.6) is 0 Å². The highest BCUT2D eigenvalue weighted by Gasteiger charge is 2.26. The summed E-state index contributed by atoms with van der Waals surface area (Å²) >= 11 is 1.11. The highest BCUT2D eigenvalue weighted by atomic mass is 32.1. The molecule has 1 aromatic heterocycles. The van der Waals surface area contributed by atoms with Crippen LogP contribution in [0.1, 0.15) is 40.1 Å². The van der Waals surface area contributed by atoms with Crippen LogP contribution in [-0.2, 0) is 6.54 Å². The Kier molecular flexibility index (Phi) is 4.59. The number of aryl methyl sites for hydroxylation is 1. The lowest BCUT2D eigenvalue weighted by molar-refractivity contribution is 0.0701. The number of thiazole rings is 1. The fraction of sp³-hybridized carbons (Fsp3) is 0.615. The van der Waals surface area contributed by atoms with Crippen molar-refractivity contribution in [3.8, 4) is 0 Å². The molecular formula is C13H19N3O3S. The van der Waals surface area contributed by atoms with Crippen LogP contribution >= 0.6 is 11.3 Å². The van der Waals surface area contributed by atoms with Gasteiger partial charge in [-0.2, -0.15) is 0 Å². The highest BCUT2D eigenvalue weighted by Crippen LogP contribution is 2.29. The average Bonchev–Trinajstić information content (AvgIpc) is 3.14. The molecule has 0 radical (unpaired) electrons. The van der Waals surface area contributed by atoms with Crippen molar-refractivity contribution in [3.05, 3.63) is 15.6 Å². The van der Waals surface area contributed by atoms with E-state index in [0.717, 1.165) is 17.9 Å². The maximum absolute atomic E-state index is 12.0. The number of aromatic nitrogens is 1. The van der Waals surface area contributed by atoms with Crippen molar-refractivity contribution in [2.75, 3.05) is 13.1 Å². The van der Waals surface area contributed by atoms with E-state index in [0.29, 0.717) is 23.2 Å². The van der Waals surface area contributed by atoms with Gasteiger partial charge in [-0.1, -0.05) is 0 Å². The number of carbonyl (C=O) groups is 2.